The van der Waals surface area contributed by atoms with E-state index in [4.69, 9.17) is 0 Å². The van der Waals surface area contributed by atoms with Crippen LogP contribution in [-0.2, 0) is 9.84 Å². The third kappa shape index (κ3) is 3.00. The highest BCUT2D eigenvalue weighted by Gasteiger charge is 2.26. The van der Waals surface area contributed by atoms with E-state index in [1.54, 1.807) is 6.92 Å². The SMILES string of the molecule is CCNC(=O)c1ccc(S(=O)(=O)C(F)F)cc1. The van der Waals surface area contributed by atoms with E-state index in [0.29, 0.717) is 6.54 Å². The van der Waals surface area contributed by atoms with E-state index in [0.717, 1.165) is 12.1 Å². The monoisotopic (exact) mass is 263 g/mol. The molecule has 0 aliphatic heterocycles. The quantitative estimate of drug-likeness (QED) is 0.893. The predicted molar refractivity (Wildman–Crippen MR) is 57.6 cm³/mol. The first-order chi connectivity index (χ1) is 7.89. The molecular weight excluding hydrogens is 252 g/mol. The first-order valence-corrected chi connectivity index (χ1v) is 6.34. The maximum absolute atomic E-state index is 12.2. The summed E-state index contributed by atoms with van der Waals surface area (Å²) >= 11 is 0. The van der Waals surface area contributed by atoms with Crippen LogP contribution in [-0.4, -0.2) is 26.6 Å². The summed E-state index contributed by atoms with van der Waals surface area (Å²) in [5.74, 6) is -3.84. The van der Waals surface area contributed by atoms with Crippen LogP contribution in [0, 0.1) is 0 Å². The van der Waals surface area contributed by atoms with Crippen molar-refractivity contribution in [3.63, 3.8) is 0 Å². The zero-order valence-electron chi connectivity index (χ0n) is 8.98. The second-order valence-corrected chi connectivity index (χ2v) is 5.11. The van der Waals surface area contributed by atoms with Crippen molar-refractivity contribution in [2.24, 2.45) is 0 Å². The standard InChI is InChI=1S/C10H11F2NO3S/c1-2-13-9(14)7-3-5-8(6-4-7)17(15,16)10(11)12/h3-6,10H,2H2,1H3,(H,13,14). The number of carbonyl (C=O) groups excluding carboxylic acids is 1. The Kier molecular flexibility index (Phi) is 4.17. The van der Waals surface area contributed by atoms with Crippen LogP contribution in [0.4, 0.5) is 8.78 Å². The van der Waals surface area contributed by atoms with Crippen LogP contribution in [0.1, 0.15) is 17.3 Å². The number of alkyl halides is 2. The van der Waals surface area contributed by atoms with Crippen LogP contribution < -0.4 is 5.32 Å². The minimum Gasteiger partial charge on any atom is -0.352 e. The molecule has 0 radical (unpaired) electrons. The average molecular weight is 263 g/mol. The minimum absolute atomic E-state index is 0.222. The highest BCUT2D eigenvalue weighted by Crippen LogP contribution is 2.18. The second-order valence-electron chi connectivity index (χ2n) is 3.19. The number of hydrogen-bond donors (Lipinski definition) is 1. The summed E-state index contributed by atoms with van der Waals surface area (Å²) in [6, 6.07) is 4.37. The van der Waals surface area contributed by atoms with Crippen molar-refractivity contribution in [1.82, 2.24) is 5.32 Å². The van der Waals surface area contributed by atoms with Crippen LogP contribution in [0.15, 0.2) is 29.2 Å². The van der Waals surface area contributed by atoms with Crippen LogP contribution in [0.3, 0.4) is 0 Å². The third-order valence-electron chi connectivity index (χ3n) is 2.02. The summed E-state index contributed by atoms with van der Waals surface area (Å²) < 4.78 is 46.6. The maximum atomic E-state index is 12.2. The number of sulfone groups is 1. The minimum atomic E-state index is -4.60. The maximum Gasteiger partial charge on any atom is 0.341 e. The largest absolute Gasteiger partial charge is 0.352 e. The molecule has 0 saturated heterocycles. The number of rotatable bonds is 4. The topological polar surface area (TPSA) is 63.2 Å². The van der Waals surface area contributed by atoms with Crippen LogP contribution in [0.2, 0.25) is 0 Å². The second kappa shape index (κ2) is 5.22. The van der Waals surface area contributed by atoms with E-state index in [1.807, 2.05) is 0 Å². The van der Waals surface area contributed by atoms with Crippen molar-refractivity contribution in [3.8, 4) is 0 Å². The lowest BCUT2D eigenvalue weighted by atomic mass is 10.2. The molecule has 1 rings (SSSR count). The normalized spacial score (nSPS) is 11.5. The highest BCUT2D eigenvalue weighted by atomic mass is 32.2. The van der Waals surface area contributed by atoms with Gasteiger partial charge in [0.05, 0.1) is 4.90 Å². The van der Waals surface area contributed by atoms with Gasteiger partial charge in [-0.2, -0.15) is 8.78 Å². The molecule has 1 aromatic carbocycles. The van der Waals surface area contributed by atoms with Gasteiger partial charge in [0.15, 0.2) is 0 Å². The zero-order valence-corrected chi connectivity index (χ0v) is 9.80. The molecule has 0 aliphatic carbocycles. The summed E-state index contributed by atoms with van der Waals surface area (Å²) in [5.41, 5.74) is 0.222. The summed E-state index contributed by atoms with van der Waals surface area (Å²) in [5, 5.41) is 2.51. The first kappa shape index (κ1) is 13.6. The Hall–Kier alpha value is -1.50. The summed E-state index contributed by atoms with van der Waals surface area (Å²) in [6.45, 7) is 2.16. The fourth-order valence-corrected chi connectivity index (χ4v) is 1.88. The zero-order chi connectivity index (χ0) is 13.1. The molecule has 17 heavy (non-hydrogen) atoms. The van der Waals surface area contributed by atoms with Crippen LogP contribution >= 0.6 is 0 Å². The molecule has 0 bridgehead atoms. The Morgan fingerprint density at radius 2 is 1.82 bits per heavy atom. The van der Waals surface area contributed by atoms with E-state index in [-0.39, 0.29) is 11.5 Å². The Morgan fingerprint density at radius 3 is 2.24 bits per heavy atom. The predicted octanol–water partition coefficient (Wildman–Crippen LogP) is 1.43. The van der Waals surface area contributed by atoms with Gasteiger partial charge in [0.25, 0.3) is 5.91 Å². The van der Waals surface area contributed by atoms with E-state index in [1.165, 1.54) is 12.1 Å². The van der Waals surface area contributed by atoms with Crippen molar-refractivity contribution in [2.45, 2.75) is 17.6 Å². The van der Waals surface area contributed by atoms with Crippen molar-refractivity contribution in [1.29, 1.82) is 0 Å². The van der Waals surface area contributed by atoms with Gasteiger partial charge in [-0.05, 0) is 31.2 Å². The molecule has 7 heteroatoms. The number of amides is 1. The molecular formula is C10H11F2NO3S. The van der Waals surface area contributed by atoms with E-state index in [2.05, 4.69) is 5.32 Å². The van der Waals surface area contributed by atoms with Gasteiger partial charge in [0.2, 0.25) is 9.84 Å². The van der Waals surface area contributed by atoms with E-state index >= 15 is 0 Å². The Balaban J connectivity index is 3.01. The Labute approximate surface area is 97.6 Å². The molecule has 0 fully saturated rings. The molecule has 0 spiro atoms. The molecule has 1 N–H and O–H groups in total. The van der Waals surface area contributed by atoms with Crippen molar-refractivity contribution in [2.75, 3.05) is 6.54 Å². The summed E-state index contributed by atoms with van der Waals surface area (Å²) in [6.07, 6.45) is 0. The molecule has 0 atom stereocenters. The molecule has 0 aromatic heterocycles. The lowest BCUT2D eigenvalue weighted by molar-refractivity contribution is 0.0955. The average Bonchev–Trinajstić information content (AvgIpc) is 2.29. The molecule has 0 unspecified atom stereocenters. The molecule has 4 nitrogen and oxygen atoms in total. The number of halogens is 2. The van der Waals surface area contributed by atoms with Gasteiger partial charge in [-0.25, -0.2) is 8.42 Å². The number of carbonyl (C=O) groups is 1. The lowest BCUT2D eigenvalue weighted by Crippen LogP contribution is -2.22. The number of nitrogens with one attached hydrogen (secondary N) is 1. The van der Waals surface area contributed by atoms with Crippen molar-refractivity contribution >= 4 is 15.7 Å². The fourth-order valence-electron chi connectivity index (χ4n) is 1.16. The molecule has 94 valence electrons. The summed E-state index contributed by atoms with van der Waals surface area (Å²) in [4.78, 5) is 10.8. The summed E-state index contributed by atoms with van der Waals surface area (Å²) in [7, 11) is -4.60. The highest BCUT2D eigenvalue weighted by molar-refractivity contribution is 7.91. The van der Waals surface area contributed by atoms with E-state index < -0.39 is 20.5 Å². The van der Waals surface area contributed by atoms with Gasteiger partial charge < -0.3 is 5.32 Å². The smallest absolute Gasteiger partial charge is 0.341 e. The molecule has 0 aliphatic rings. The Morgan fingerprint density at radius 1 is 1.29 bits per heavy atom. The molecule has 1 aromatic rings. The Bertz CT molecular complexity index is 497. The van der Waals surface area contributed by atoms with E-state index in [9.17, 15) is 22.0 Å². The van der Waals surface area contributed by atoms with Crippen LogP contribution in [0.5, 0.6) is 0 Å². The van der Waals surface area contributed by atoms with Gasteiger partial charge in [-0.1, -0.05) is 0 Å². The van der Waals surface area contributed by atoms with Crippen molar-refractivity contribution < 1.29 is 22.0 Å². The van der Waals surface area contributed by atoms with Gasteiger partial charge in [0.1, 0.15) is 0 Å². The lowest BCUT2D eigenvalue weighted by Gasteiger charge is -2.05. The molecule has 0 heterocycles. The number of hydrogen-bond acceptors (Lipinski definition) is 3. The third-order valence-corrected chi connectivity index (χ3v) is 3.42. The fraction of sp³-hybridized carbons (Fsp3) is 0.300. The number of benzene rings is 1. The van der Waals surface area contributed by atoms with Gasteiger partial charge in [-0.15, -0.1) is 0 Å². The van der Waals surface area contributed by atoms with Crippen molar-refractivity contribution in [3.05, 3.63) is 29.8 Å². The molecule has 1 amide bonds. The van der Waals surface area contributed by atoms with Crippen LogP contribution in [0.25, 0.3) is 0 Å². The van der Waals surface area contributed by atoms with Gasteiger partial charge in [-0.3, -0.25) is 4.79 Å². The molecule has 0 saturated carbocycles. The van der Waals surface area contributed by atoms with Gasteiger partial charge >= 0.3 is 5.76 Å². The van der Waals surface area contributed by atoms with Gasteiger partial charge in [0, 0.05) is 12.1 Å². The first-order valence-electron chi connectivity index (χ1n) is 4.80.